The van der Waals surface area contributed by atoms with Crippen LogP contribution in [0.3, 0.4) is 0 Å². The van der Waals surface area contributed by atoms with Gasteiger partial charge in [-0.1, -0.05) is 11.6 Å². The number of hydrogen-bond donors (Lipinski definition) is 1. The molecule has 15 heavy (non-hydrogen) atoms. The Bertz CT molecular complexity index is 309. The molecule has 1 aromatic heterocycles. The van der Waals surface area contributed by atoms with E-state index in [4.69, 9.17) is 16.3 Å². The van der Waals surface area contributed by atoms with Gasteiger partial charge in [-0.25, -0.2) is 0 Å². The highest BCUT2D eigenvalue weighted by molar-refractivity contribution is 7.16. The molecule has 0 saturated carbocycles. The predicted octanol–water partition coefficient (Wildman–Crippen LogP) is 3.09. The zero-order valence-electron chi connectivity index (χ0n) is 8.83. The van der Waals surface area contributed by atoms with Crippen LogP contribution < -0.4 is 5.32 Å². The molecule has 0 spiro atoms. The molecular weight excluding hydrogens is 230 g/mol. The van der Waals surface area contributed by atoms with Crippen LogP contribution in [0.1, 0.15) is 23.8 Å². The van der Waals surface area contributed by atoms with Gasteiger partial charge in [0.05, 0.1) is 10.9 Å². The molecule has 1 saturated heterocycles. The van der Waals surface area contributed by atoms with Crippen LogP contribution in [0.25, 0.3) is 0 Å². The fraction of sp³-hybridized carbons (Fsp3) is 0.636. The van der Waals surface area contributed by atoms with Crippen molar-refractivity contribution in [1.82, 2.24) is 5.32 Å². The van der Waals surface area contributed by atoms with Crippen molar-refractivity contribution < 1.29 is 4.74 Å². The van der Waals surface area contributed by atoms with Gasteiger partial charge < -0.3 is 10.1 Å². The van der Waals surface area contributed by atoms with E-state index in [1.807, 2.05) is 13.1 Å². The van der Waals surface area contributed by atoms with E-state index >= 15 is 0 Å². The third-order valence-electron chi connectivity index (χ3n) is 2.88. The molecule has 0 bridgehead atoms. The van der Waals surface area contributed by atoms with Crippen molar-refractivity contribution in [2.24, 2.45) is 5.92 Å². The van der Waals surface area contributed by atoms with Crippen LogP contribution >= 0.6 is 22.9 Å². The topological polar surface area (TPSA) is 21.3 Å². The molecule has 2 unspecified atom stereocenters. The molecule has 2 atom stereocenters. The second-order valence-electron chi connectivity index (χ2n) is 3.89. The van der Waals surface area contributed by atoms with Crippen LogP contribution in [0, 0.1) is 5.92 Å². The van der Waals surface area contributed by atoms with Gasteiger partial charge in [-0.15, -0.1) is 11.3 Å². The first-order valence-electron chi connectivity index (χ1n) is 5.31. The summed E-state index contributed by atoms with van der Waals surface area (Å²) in [6.07, 6.45) is 2.41. The van der Waals surface area contributed by atoms with Gasteiger partial charge in [0.25, 0.3) is 0 Å². The highest BCUT2D eigenvalue weighted by Crippen LogP contribution is 2.34. The standard InChI is InChI=1S/C11H16ClNOS/c1-13-11(8-3-2-6-14-7-8)9-4-5-10(12)15-9/h4-5,8,11,13H,2-3,6-7H2,1H3. The summed E-state index contributed by atoms with van der Waals surface area (Å²) in [7, 11) is 2.01. The van der Waals surface area contributed by atoms with E-state index in [1.54, 1.807) is 11.3 Å². The highest BCUT2D eigenvalue weighted by Gasteiger charge is 2.25. The third kappa shape index (κ3) is 2.72. The summed E-state index contributed by atoms with van der Waals surface area (Å²) in [5.41, 5.74) is 0. The summed E-state index contributed by atoms with van der Waals surface area (Å²) in [5, 5.41) is 3.37. The number of halogens is 1. The van der Waals surface area contributed by atoms with Gasteiger partial charge >= 0.3 is 0 Å². The highest BCUT2D eigenvalue weighted by atomic mass is 35.5. The lowest BCUT2D eigenvalue weighted by molar-refractivity contribution is 0.0407. The monoisotopic (exact) mass is 245 g/mol. The van der Waals surface area contributed by atoms with Gasteiger partial charge in [0.2, 0.25) is 0 Å². The maximum atomic E-state index is 5.96. The number of hydrogen-bond acceptors (Lipinski definition) is 3. The van der Waals surface area contributed by atoms with Crippen LogP contribution in [0.5, 0.6) is 0 Å². The lowest BCUT2D eigenvalue weighted by Gasteiger charge is -2.29. The molecule has 4 heteroatoms. The average Bonchev–Trinajstić information content (AvgIpc) is 2.68. The maximum absolute atomic E-state index is 5.96. The zero-order valence-corrected chi connectivity index (χ0v) is 10.4. The Labute approximate surface area is 99.6 Å². The lowest BCUT2D eigenvalue weighted by Crippen LogP contribution is -2.30. The van der Waals surface area contributed by atoms with Crippen molar-refractivity contribution in [2.75, 3.05) is 20.3 Å². The maximum Gasteiger partial charge on any atom is 0.0931 e. The van der Waals surface area contributed by atoms with E-state index < -0.39 is 0 Å². The summed E-state index contributed by atoms with van der Waals surface area (Å²) >= 11 is 7.62. The molecule has 1 N–H and O–H groups in total. The molecule has 1 aromatic rings. The van der Waals surface area contributed by atoms with Crippen molar-refractivity contribution in [2.45, 2.75) is 18.9 Å². The van der Waals surface area contributed by atoms with Crippen LogP contribution in [-0.4, -0.2) is 20.3 Å². The lowest BCUT2D eigenvalue weighted by atomic mass is 9.93. The molecule has 1 aliphatic heterocycles. The van der Waals surface area contributed by atoms with E-state index in [0.717, 1.165) is 17.6 Å². The van der Waals surface area contributed by atoms with Crippen molar-refractivity contribution in [1.29, 1.82) is 0 Å². The number of ether oxygens (including phenoxy) is 1. The number of thiophene rings is 1. The summed E-state index contributed by atoms with van der Waals surface area (Å²) in [4.78, 5) is 1.32. The Hall–Kier alpha value is -0.0900. The fourth-order valence-electron chi connectivity index (χ4n) is 2.13. The van der Waals surface area contributed by atoms with E-state index in [-0.39, 0.29) is 0 Å². The van der Waals surface area contributed by atoms with Gasteiger partial charge in [0.1, 0.15) is 0 Å². The molecule has 84 valence electrons. The SMILES string of the molecule is CNC(c1ccc(Cl)s1)C1CCCOC1. The fourth-order valence-corrected chi connectivity index (χ4v) is 3.40. The van der Waals surface area contributed by atoms with E-state index in [1.165, 1.54) is 17.7 Å². The van der Waals surface area contributed by atoms with Gasteiger partial charge in [-0.3, -0.25) is 0 Å². The summed E-state index contributed by atoms with van der Waals surface area (Å²) < 4.78 is 6.39. The zero-order chi connectivity index (χ0) is 10.7. The molecule has 1 fully saturated rings. The Kier molecular flexibility index (Phi) is 4.03. The minimum atomic E-state index is 0.391. The molecule has 0 aromatic carbocycles. The van der Waals surface area contributed by atoms with Gasteiger partial charge in [0.15, 0.2) is 0 Å². The van der Waals surface area contributed by atoms with Crippen LogP contribution in [0.2, 0.25) is 4.34 Å². The van der Waals surface area contributed by atoms with Crippen molar-refractivity contribution >= 4 is 22.9 Å². The molecule has 0 aliphatic carbocycles. The van der Waals surface area contributed by atoms with Gasteiger partial charge in [-0.2, -0.15) is 0 Å². The first-order valence-corrected chi connectivity index (χ1v) is 6.51. The van der Waals surface area contributed by atoms with E-state index in [0.29, 0.717) is 12.0 Å². The summed E-state index contributed by atoms with van der Waals surface area (Å²) in [6.45, 7) is 1.78. The smallest absolute Gasteiger partial charge is 0.0931 e. The largest absolute Gasteiger partial charge is 0.381 e. The quantitative estimate of drug-likeness (QED) is 0.884. The molecule has 2 heterocycles. The minimum absolute atomic E-state index is 0.391. The van der Waals surface area contributed by atoms with Crippen molar-refractivity contribution in [3.05, 3.63) is 21.3 Å². The normalized spacial score (nSPS) is 24.0. The van der Waals surface area contributed by atoms with Crippen molar-refractivity contribution in [3.63, 3.8) is 0 Å². The first-order chi connectivity index (χ1) is 7.31. The second-order valence-corrected chi connectivity index (χ2v) is 5.63. The van der Waals surface area contributed by atoms with Gasteiger partial charge in [-0.05, 0) is 32.0 Å². The average molecular weight is 246 g/mol. The Morgan fingerprint density at radius 1 is 1.60 bits per heavy atom. The van der Waals surface area contributed by atoms with Crippen LogP contribution in [0.4, 0.5) is 0 Å². The Balaban J connectivity index is 2.08. The predicted molar refractivity (Wildman–Crippen MR) is 64.7 cm³/mol. The Morgan fingerprint density at radius 2 is 2.47 bits per heavy atom. The van der Waals surface area contributed by atoms with Gasteiger partial charge in [0, 0.05) is 23.4 Å². The van der Waals surface area contributed by atoms with Crippen LogP contribution in [-0.2, 0) is 4.74 Å². The van der Waals surface area contributed by atoms with Crippen LogP contribution in [0.15, 0.2) is 12.1 Å². The first kappa shape index (κ1) is 11.4. The number of rotatable bonds is 3. The van der Waals surface area contributed by atoms with Crippen molar-refractivity contribution in [3.8, 4) is 0 Å². The second kappa shape index (κ2) is 5.30. The third-order valence-corrected chi connectivity index (χ3v) is 4.19. The molecule has 2 rings (SSSR count). The molecule has 2 nitrogen and oxygen atoms in total. The van der Waals surface area contributed by atoms with E-state index in [9.17, 15) is 0 Å². The summed E-state index contributed by atoms with van der Waals surface area (Å²) in [5.74, 6) is 0.582. The molecule has 0 amide bonds. The van der Waals surface area contributed by atoms with E-state index in [2.05, 4.69) is 11.4 Å². The minimum Gasteiger partial charge on any atom is -0.381 e. The molecule has 0 radical (unpaired) electrons. The Morgan fingerprint density at radius 3 is 3.00 bits per heavy atom. The summed E-state index contributed by atoms with van der Waals surface area (Å²) in [6, 6.07) is 4.47. The molecular formula is C11H16ClNOS. The number of nitrogens with one attached hydrogen (secondary N) is 1. The molecule has 1 aliphatic rings.